The van der Waals surface area contributed by atoms with Crippen molar-refractivity contribution in [3.63, 3.8) is 0 Å². The molecule has 0 spiro atoms. The highest BCUT2D eigenvalue weighted by Gasteiger charge is 2.47. The fourth-order valence-electron chi connectivity index (χ4n) is 3.04. The highest BCUT2D eigenvalue weighted by molar-refractivity contribution is 5.79. The molecule has 0 saturated heterocycles. The van der Waals surface area contributed by atoms with E-state index in [1.807, 2.05) is 0 Å². The molecule has 0 radical (unpaired) electrons. The normalized spacial score (nSPS) is 25.6. The lowest BCUT2D eigenvalue weighted by Gasteiger charge is -2.30. The monoisotopic (exact) mass is 281 g/mol. The Hall–Kier alpha value is -1.62. The first-order valence-electron chi connectivity index (χ1n) is 6.89. The first kappa shape index (κ1) is 14.8. The van der Waals surface area contributed by atoms with Gasteiger partial charge in [0.1, 0.15) is 17.1 Å². The molecule has 1 aliphatic rings. The molecule has 110 valence electrons. The molecule has 20 heavy (non-hydrogen) atoms. The number of aliphatic carboxylic acids is 1. The number of ether oxygens (including phenoxy) is 1. The van der Waals surface area contributed by atoms with Crippen molar-refractivity contribution >= 4 is 5.97 Å². The van der Waals surface area contributed by atoms with E-state index in [9.17, 15) is 14.3 Å². The minimum Gasteiger partial charge on any atom is -0.494 e. The van der Waals surface area contributed by atoms with E-state index < -0.39 is 11.5 Å². The van der Waals surface area contributed by atoms with Crippen molar-refractivity contribution in [2.24, 2.45) is 5.92 Å². The second-order valence-electron chi connectivity index (χ2n) is 5.21. The first-order valence-corrected chi connectivity index (χ1v) is 6.89. The summed E-state index contributed by atoms with van der Waals surface area (Å²) >= 11 is 0. The van der Waals surface area contributed by atoms with Crippen LogP contribution in [-0.4, -0.2) is 30.3 Å². The van der Waals surface area contributed by atoms with Crippen molar-refractivity contribution in [3.8, 4) is 5.75 Å². The van der Waals surface area contributed by atoms with Gasteiger partial charge in [-0.2, -0.15) is 0 Å². The molecule has 0 aromatic heterocycles. The van der Waals surface area contributed by atoms with Gasteiger partial charge in [-0.15, -0.1) is 0 Å². The maximum absolute atomic E-state index is 12.8. The molecule has 5 heteroatoms. The third-order valence-corrected chi connectivity index (χ3v) is 4.20. The molecule has 0 aliphatic heterocycles. The molecule has 1 saturated carbocycles. The van der Waals surface area contributed by atoms with E-state index in [0.29, 0.717) is 25.2 Å². The summed E-state index contributed by atoms with van der Waals surface area (Å²) in [6, 6.07) is 5.85. The Morgan fingerprint density at radius 1 is 1.50 bits per heavy atom. The fourth-order valence-corrected chi connectivity index (χ4v) is 3.04. The Bertz CT molecular complexity index is 463. The van der Waals surface area contributed by atoms with Gasteiger partial charge in [0, 0.05) is 0 Å². The lowest BCUT2D eigenvalue weighted by atomic mass is 9.85. The van der Waals surface area contributed by atoms with Gasteiger partial charge in [0.25, 0.3) is 0 Å². The summed E-state index contributed by atoms with van der Waals surface area (Å²) in [4.78, 5) is 11.5. The van der Waals surface area contributed by atoms with Gasteiger partial charge < -0.3 is 15.2 Å². The third-order valence-electron chi connectivity index (χ3n) is 4.20. The molecule has 1 fully saturated rings. The van der Waals surface area contributed by atoms with Gasteiger partial charge in [0.2, 0.25) is 0 Å². The molecule has 2 unspecified atom stereocenters. The number of carboxylic acids is 1. The van der Waals surface area contributed by atoms with Crippen LogP contribution in [0.3, 0.4) is 0 Å². The SMILES string of the molecule is CNC1(C(=O)O)CCCC1CCOc1ccc(F)cc1. The average Bonchev–Trinajstić information content (AvgIpc) is 2.85. The number of hydrogen-bond donors (Lipinski definition) is 2. The molecule has 1 aromatic carbocycles. The first-order chi connectivity index (χ1) is 9.58. The van der Waals surface area contributed by atoms with Gasteiger partial charge in [-0.25, -0.2) is 4.39 Å². The molecule has 0 amide bonds. The van der Waals surface area contributed by atoms with Crippen molar-refractivity contribution in [2.45, 2.75) is 31.2 Å². The summed E-state index contributed by atoms with van der Waals surface area (Å²) < 4.78 is 18.3. The summed E-state index contributed by atoms with van der Waals surface area (Å²) in [5.41, 5.74) is -0.827. The zero-order valence-electron chi connectivity index (χ0n) is 11.6. The number of rotatable bonds is 6. The molecule has 2 atom stereocenters. The lowest BCUT2D eigenvalue weighted by Crippen LogP contribution is -2.53. The standard InChI is InChI=1S/C15H20FNO3/c1-17-15(14(18)19)9-2-3-11(15)8-10-20-13-6-4-12(16)5-7-13/h4-7,11,17H,2-3,8-10H2,1H3,(H,18,19). The van der Waals surface area contributed by atoms with Crippen LogP contribution in [0, 0.1) is 11.7 Å². The molecular formula is C15H20FNO3. The molecule has 4 nitrogen and oxygen atoms in total. The highest BCUT2D eigenvalue weighted by atomic mass is 19.1. The van der Waals surface area contributed by atoms with Crippen LogP contribution in [0.4, 0.5) is 4.39 Å². The molecule has 1 aliphatic carbocycles. The Balaban J connectivity index is 1.90. The predicted molar refractivity (Wildman–Crippen MR) is 73.3 cm³/mol. The zero-order valence-corrected chi connectivity index (χ0v) is 11.6. The summed E-state index contributed by atoms with van der Waals surface area (Å²) in [5.74, 6) is -0.419. The summed E-state index contributed by atoms with van der Waals surface area (Å²) in [6.07, 6.45) is 3.12. The second-order valence-corrected chi connectivity index (χ2v) is 5.21. The van der Waals surface area contributed by atoms with Crippen LogP contribution >= 0.6 is 0 Å². The van der Waals surface area contributed by atoms with Gasteiger partial charge in [-0.1, -0.05) is 6.42 Å². The number of halogens is 1. The molecule has 1 aromatic rings. The molecule has 0 heterocycles. The number of carboxylic acid groups (broad SMARTS) is 1. The van der Waals surface area contributed by atoms with E-state index in [2.05, 4.69) is 5.32 Å². The van der Waals surface area contributed by atoms with Crippen molar-refractivity contribution in [2.75, 3.05) is 13.7 Å². The molecule has 0 bridgehead atoms. The molecular weight excluding hydrogens is 261 g/mol. The highest BCUT2D eigenvalue weighted by Crippen LogP contribution is 2.38. The van der Waals surface area contributed by atoms with Gasteiger partial charge in [-0.05, 0) is 56.5 Å². The zero-order chi connectivity index (χ0) is 14.6. The topological polar surface area (TPSA) is 58.6 Å². The quantitative estimate of drug-likeness (QED) is 0.841. The van der Waals surface area contributed by atoms with Gasteiger partial charge in [0.15, 0.2) is 0 Å². The number of likely N-dealkylation sites (N-methyl/N-ethyl adjacent to an activating group) is 1. The predicted octanol–water partition coefficient (Wildman–Crippen LogP) is 2.44. The van der Waals surface area contributed by atoms with Gasteiger partial charge >= 0.3 is 5.97 Å². The van der Waals surface area contributed by atoms with E-state index in [1.54, 1.807) is 19.2 Å². The van der Waals surface area contributed by atoms with E-state index in [1.165, 1.54) is 12.1 Å². The van der Waals surface area contributed by atoms with E-state index in [0.717, 1.165) is 12.8 Å². The van der Waals surface area contributed by atoms with Crippen LogP contribution in [0.5, 0.6) is 5.75 Å². The fraction of sp³-hybridized carbons (Fsp3) is 0.533. The minimum absolute atomic E-state index is 0.0606. The van der Waals surface area contributed by atoms with Crippen LogP contribution in [0.15, 0.2) is 24.3 Å². The van der Waals surface area contributed by atoms with Crippen molar-refractivity contribution in [3.05, 3.63) is 30.1 Å². The van der Waals surface area contributed by atoms with E-state index in [4.69, 9.17) is 4.74 Å². The smallest absolute Gasteiger partial charge is 0.324 e. The Morgan fingerprint density at radius 3 is 2.80 bits per heavy atom. The van der Waals surface area contributed by atoms with E-state index >= 15 is 0 Å². The largest absolute Gasteiger partial charge is 0.494 e. The molecule has 2 N–H and O–H groups in total. The Morgan fingerprint density at radius 2 is 2.20 bits per heavy atom. The average molecular weight is 281 g/mol. The summed E-state index contributed by atoms with van der Waals surface area (Å²) in [6.45, 7) is 0.438. The van der Waals surface area contributed by atoms with Crippen molar-refractivity contribution in [1.29, 1.82) is 0 Å². The van der Waals surface area contributed by atoms with Crippen LogP contribution in [0.25, 0.3) is 0 Å². The van der Waals surface area contributed by atoms with Gasteiger partial charge in [-0.3, -0.25) is 4.79 Å². The Labute approximate surface area is 117 Å². The lowest BCUT2D eigenvalue weighted by molar-refractivity contribution is -0.146. The van der Waals surface area contributed by atoms with Crippen LogP contribution in [0.1, 0.15) is 25.7 Å². The van der Waals surface area contributed by atoms with Crippen LogP contribution < -0.4 is 10.1 Å². The van der Waals surface area contributed by atoms with Gasteiger partial charge in [0.05, 0.1) is 6.61 Å². The van der Waals surface area contributed by atoms with Crippen LogP contribution in [-0.2, 0) is 4.79 Å². The molecule has 2 rings (SSSR count). The summed E-state index contributed by atoms with van der Waals surface area (Å²) in [5, 5.41) is 12.4. The minimum atomic E-state index is -0.827. The number of nitrogens with one attached hydrogen (secondary N) is 1. The maximum Gasteiger partial charge on any atom is 0.324 e. The van der Waals surface area contributed by atoms with Crippen molar-refractivity contribution in [1.82, 2.24) is 5.32 Å². The number of benzene rings is 1. The third kappa shape index (κ3) is 2.93. The summed E-state index contributed by atoms with van der Waals surface area (Å²) in [7, 11) is 1.70. The van der Waals surface area contributed by atoms with Crippen molar-refractivity contribution < 1.29 is 19.0 Å². The second kappa shape index (κ2) is 6.22. The Kier molecular flexibility index (Phi) is 4.60. The van der Waals surface area contributed by atoms with E-state index in [-0.39, 0.29) is 11.7 Å². The number of carbonyl (C=O) groups is 1. The van der Waals surface area contributed by atoms with Crippen LogP contribution in [0.2, 0.25) is 0 Å². The maximum atomic E-state index is 12.8. The number of hydrogen-bond acceptors (Lipinski definition) is 3.